The summed E-state index contributed by atoms with van der Waals surface area (Å²) in [4.78, 5) is 10.9. The molecule has 0 aromatic heterocycles. The quantitative estimate of drug-likeness (QED) is 0.626. The Labute approximate surface area is 122 Å². The summed E-state index contributed by atoms with van der Waals surface area (Å²) in [5, 5.41) is 12.3. The lowest BCUT2D eigenvalue weighted by atomic mass is 10.2. The molecule has 0 spiro atoms. The number of hydrazone groups is 1. The molecule has 0 heterocycles. The molecule has 0 aliphatic heterocycles. The molecule has 0 radical (unpaired) electrons. The number of hydrogen-bond acceptors (Lipinski definition) is 4. The largest absolute Gasteiger partial charge is 0.488 e. The second-order valence-electron chi connectivity index (χ2n) is 4.26. The van der Waals surface area contributed by atoms with Gasteiger partial charge >= 0.3 is 0 Å². The normalized spacial score (nSPS) is 10.5. The zero-order valence-electron chi connectivity index (χ0n) is 11.4. The van der Waals surface area contributed by atoms with Crippen molar-refractivity contribution in [2.45, 2.75) is 6.61 Å². The van der Waals surface area contributed by atoms with Gasteiger partial charge in [-0.1, -0.05) is 42.5 Å². The fraction of sp³-hybridized carbons (Fsp3) is 0.125. The summed E-state index contributed by atoms with van der Waals surface area (Å²) in [7, 11) is 0. The van der Waals surface area contributed by atoms with Gasteiger partial charge in [-0.3, -0.25) is 4.79 Å². The Bertz CT molecular complexity index is 612. The van der Waals surface area contributed by atoms with Gasteiger partial charge in [0.05, 0.1) is 6.21 Å². The van der Waals surface area contributed by atoms with Crippen LogP contribution in [0.5, 0.6) is 5.75 Å². The van der Waals surface area contributed by atoms with E-state index in [1.807, 2.05) is 54.6 Å². The van der Waals surface area contributed by atoms with Crippen LogP contribution < -0.4 is 10.2 Å². The molecule has 2 N–H and O–H groups in total. The summed E-state index contributed by atoms with van der Waals surface area (Å²) in [6.07, 6.45) is 1.48. The lowest BCUT2D eigenvalue weighted by Gasteiger charge is -2.08. The molecule has 0 bridgehead atoms. The maximum absolute atomic E-state index is 10.9. The third-order valence-corrected chi connectivity index (χ3v) is 2.69. The van der Waals surface area contributed by atoms with Gasteiger partial charge < -0.3 is 9.84 Å². The van der Waals surface area contributed by atoms with Crippen molar-refractivity contribution in [3.8, 4) is 5.75 Å². The number of nitrogens with zero attached hydrogens (tertiary/aromatic N) is 1. The third-order valence-electron chi connectivity index (χ3n) is 2.69. The number of hydrogen-bond donors (Lipinski definition) is 2. The van der Waals surface area contributed by atoms with Crippen molar-refractivity contribution >= 4 is 12.1 Å². The highest BCUT2D eigenvalue weighted by atomic mass is 16.5. The van der Waals surface area contributed by atoms with E-state index in [1.54, 1.807) is 0 Å². The molecule has 0 aliphatic rings. The van der Waals surface area contributed by atoms with Gasteiger partial charge in [-0.15, -0.1) is 0 Å². The van der Waals surface area contributed by atoms with Crippen LogP contribution in [-0.4, -0.2) is 23.8 Å². The van der Waals surface area contributed by atoms with Crippen molar-refractivity contribution in [3.63, 3.8) is 0 Å². The molecule has 5 heteroatoms. The van der Waals surface area contributed by atoms with Crippen molar-refractivity contribution in [2.75, 3.05) is 6.61 Å². The number of amides is 1. The fourth-order valence-corrected chi connectivity index (χ4v) is 1.66. The van der Waals surface area contributed by atoms with E-state index in [-0.39, 0.29) is 0 Å². The summed E-state index contributed by atoms with van der Waals surface area (Å²) < 4.78 is 5.75. The number of ether oxygens (including phenoxy) is 1. The van der Waals surface area contributed by atoms with Crippen LogP contribution in [-0.2, 0) is 11.4 Å². The number of aliphatic hydroxyl groups is 1. The second-order valence-corrected chi connectivity index (χ2v) is 4.26. The SMILES string of the molecule is O=C(CO)N/N=C/c1ccccc1OCc1ccccc1. The van der Waals surface area contributed by atoms with Crippen molar-refractivity contribution < 1.29 is 14.6 Å². The Morgan fingerprint density at radius 1 is 1.14 bits per heavy atom. The molecule has 0 unspecified atom stereocenters. The number of carbonyl (C=O) groups excluding carboxylic acids is 1. The number of rotatable bonds is 6. The average Bonchev–Trinajstić information content (AvgIpc) is 2.54. The molecular weight excluding hydrogens is 268 g/mol. The molecule has 0 atom stereocenters. The predicted molar refractivity (Wildman–Crippen MR) is 80.0 cm³/mol. The van der Waals surface area contributed by atoms with Gasteiger partial charge in [0.25, 0.3) is 5.91 Å². The standard InChI is InChI=1S/C16H16N2O3/c19-11-16(20)18-17-10-14-8-4-5-9-15(14)21-12-13-6-2-1-3-7-13/h1-10,19H,11-12H2,(H,18,20)/b17-10+. The van der Waals surface area contributed by atoms with Crippen LogP contribution in [0.3, 0.4) is 0 Å². The molecule has 2 rings (SSSR count). The van der Waals surface area contributed by atoms with Crippen molar-refractivity contribution in [1.29, 1.82) is 0 Å². The molecule has 0 saturated carbocycles. The first-order valence-corrected chi connectivity index (χ1v) is 6.48. The number of carbonyl (C=O) groups is 1. The number of nitrogens with one attached hydrogen (secondary N) is 1. The Kier molecular flexibility index (Phi) is 5.49. The van der Waals surface area contributed by atoms with Crippen LogP contribution in [0.25, 0.3) is 0 Å². The van der Waals surface area contributed by atoms with Crippen molar-refractivity contribution in [2.24, 2.45) is 5.10 Å². The molecule has 0 saturated heterocycles. The lowest BCUT2D eigenvalue weighted by molar-refractivity contribution is -0.123. The van der Waals surface area contributed by atoms with E-state index in [1.165, 1.54) is 6.21 Å². The van der Waals surface area contributed by atoms with Crippen molar-refractivity contribution in [1.82, 2.24) is 5.43 Å². The van der Waals surface area contributed by atoms with Crippen LogP contribution in [0.15, 0.2) is 59.7 Å². The number of benzene rings is 2. The highest BCUT2D eigenvalue weighted by Crippen LogP contribution is 2.17. The number of para-hydroxylation sites is 1. The second kappa shape index (κ2) is 7.81. The van der Waals surface area contributed by atoms with Gasteiger partial charge in [0.2, 0.25) is 0 Å². The Balaban J connectivity index is 2.01. The topological polar surface area (TPSA) is 70.9 Å². The van der Waals surface area contributed by atoms with E-state index in [0.29, 0.717) is 12.4 Å². The molecule has 21 heavy (non-hydrogen) atoms. The highest BCUT2D eigenvalue weighted by molar-refractivity contribution is 5.85. The third kappa shape index (κ3) is 4.74. The highest BCUT2D eigenvalue weighted by Gasteiger charge is 2.01. The van der Waals surface area contributed by atoms with E-state index < -0.39 is 12.5 Å². The lowest BCUT2D eigenvalue weighted by Crippen LogP contribution is -2.20. The molecule has 2 aromatic rings. The summed E-state index contributed by atoms with van der Waals surface area (Å²) in [6, 6.07) is 17.2. The first kappa shape index (κ1) is 14.7. The Morgan fingerprint density at radius 3 is 2.62 bits per heavy atom. The molecule has 108 valence electrons. The Morgan fingerprint density at radius 2 is 1.86 bits per heavy atom. The van der Waals surface area contributed by atoms with E-state index >= 15 is 0 Å². The van der Waals surface area contributed by atoms with Crippen LogP contribution in [0, 0.1) is 0 Å². The first-order chi connectivity index (χ1) is 10.3. The Hall–Kier alpha value is -2.66. The van der Waals surface area contributed by atoms with Gasteiger partial charge in [-0.05, 0) is 17.7 Å². The van der Waals surface area contributed by atoms with E-state index in [4.69, 9.17) is 9.84 Å². The van der Waals surface area contributed by atoms with Gasteiger partial charge in [0.1, 0.15) is 19.0 Å². The molecule has 1 amide bonds. The van der Waals surface area contributed by atoms with Gasteiger partial charge in [0.15, 0.2) is 0 Å². The number of aliphatic hydroxyl groups excluding tert-OH is 1. The van der Waals surface area contributed by atoms with Crippen LogP contribution in [0.1, 0.15) is 11.1 Å². The zero-order valence-corrected chi connectivity index (χ0v) is 11.4. The van der Waals surface area contributed by atoms with Crippen LogP contribution in [0.2, 0.25) is 0 Å². The van der Waals surface area contributed by atoms with E-state index in [2.05, 4.69) is 10.5 Å². The first-order valence-electron chi connectivity index (χ1n) is 6.48. The minimum Gasteiger partial charge on any atom is -0.488 e. The van der Waals surface area contributed by atoms with E-state index in [9.17, 15) is 4.79 Å². The smallest absolute Gasteiger partial charge is 0.265 e. The van der Waals surface area contributed by atoms with Gasteiger partial charge in [0, 0.05) is 5.56 Å². The van der Waals surface area contributed by atoms with Crippen LogP contribution >= 0.6 is 0 Å². The predicted octanol–water partition coefficient (Wildman–Crippen LogP) is 1.71. The minimum absolute atomic E-state index is 0.453. The van der Waals surface area contributed by atoms with Gasteiger partial charge in [-0.25, -0.2) is 5.43 Å². The molecular formula is C16H16N2O3. The molecule has 0 aliphatic carbocycles. The minimum atomic E-state index is -0.594. The summed E-state index contributed by atoms with van der Waals surface area (Å²) in [5.41, 5.74) is 4.02. The average molecular weight is 284 g/mol. The van der Waals surface area contributed by atoms with E-state index in [0.717, 1.165) is 11.1 Å². The van der Waals surface area contributed by atoms with Crippen molar-refractivity contribution in [3.05, 3.63) is 65.7 Å². The zero-order chi connectivity index (χ0) is 14.9. The van der Waals surface area contributed by atoms with Gasteiger partial charge in [-0.2, -0.15) is 5.10 Å². The summed E-state index contributed by atoms with van der Waals surface area (Å²) in [5.74, 6) is 0.109. The van der Waals surface area contributed by atoms with Crippen LogP contribution in [0.4, 0.5) is 0 Å². The molecule has 2 aromatic carbocycles. The maximum atomic E-state index is 10.9. The monoisotopic (exact) mass is 284 g/mol. The maximum Gasteiger partial charge on any atom is 0.265 e. The summed E-state index contributed by atoms with van der Waals surface area (Å²) in [6.45, 7) is -0.141. The summed E-state index contributed by atoms with van der Waals surface area (Å²) >= 11 is 0. The fourth-order valence-electron chi connectivity index (χ4n) is 1.66. The molecule has 0 fully saturated rings. The molecule has 5 nitrogen and oxygen atoms in total.